The monoisotopic (exact) mass is 189 g/mol. The van der Waals surface area contributed by atoms with E-state index in [2.05, 4.69) is 24.6 Å². The first kappa shape index (κ1) is 12.3. The lowest BCUT2D eigenvalue weighted by molar-refractivity contribution is 0.217. The molecule has 0 aromatic rings. The molecular formula is C10H23NS. The summed E-state index contributed by atoms with van der Waals surface area (Å²) in [6, 6.07) is 0. The third-order valence-electron chi connectivity index (χ3n) is 2.38. The maximum absolute atomic E-state index is 4.24. The first-order valence-electron chi connectivity index (χ1n) is 5.12. The van der Waals surface area contributed by atoms with Crippen molar-refractivity contribution in [1.29, 1.82) is 0 Å². The molecule has 1 rings (SSSR count). The summed E-state index contributed by atoms with van der Waals surface area (Å²) in [7, 11) is 2.21. The van der Waals surface area contributed by atoms with Crippen LogP contribution >= 0.6 is 12.6 Å². The summed E-state index contributed by atoms with van der Waals surface area (Å²) in [5.74, 6) is 2.03. The highest BCUT2D eigenvalue weighted by atomic mass is 32.1. The average molecular weight is 189 g/mol. The molecule has 0 atom stereocenters. The second-order valence-electron chi connectivity index (χ2n) is 3.26. The van der Waals surface area contributed by atoms with Crippen LogP contribution in [-0.4, -0.2) is 30.8 Å². The zero-order valence-corrected chi connectivity index (χ0v) is 9.61. The Labute approximate surface area is 82.9 Å². The molecular weight excluding hydrogens is 166 g/mol. The highest BCUT2D eigenvalue weighted by Gasteiger charge is 2.14. The van der Waals surface area contributed by atoms with Gasteiger partial charge < -0.3 is 4.90 Å². The molecule has 0 spiro atoms. The Kier molecular flexibility index (Phi) is 8.14. The van der Waals surface area contributed by atoms with E-state index in [4.69, 9.17) is 0 Å². The number of rotatable bonds is 2. The molecule has 0 aliphatic carbocycles. The Bertz CT molecular complexity index is 87.8. The summed E-state index contributed by atoms with van der Waals surface area (Å²) in [6.07, 6.45) is 4.09. The third-order valence-corrected chi connectivity index (χ3v) is 2.63. The number of hydrogen-bond acceptors (Lipinski definition) is 2. The van der Waals surface area contributed by atoms with Gasteiger partial charge in [0.25, 0.3) is 0 Å². The Morgan fingerprint density at radius 1 is 1.25 bits per heavy atom. The Morgan fingerprint density at radius 2 is 1.75 bits per heavy atom. The second-order valence-corrected chi connectivity index (χ2v) is 3.71. The molecule has 74 valence electrons. The molecule has 0 saturated carbocycles. The van der Waals surface area contributed by atoms with E-state index in [1.54, 1.807) is 0 Å². The van der Waals surface area contributed by atoms with E-state index in [-0.39, 0.29) is 0 Å². The first-order valence-corrected chi connectivity index (χ1v) is 5.75. The lowest BCUT2D eigenvalue weighted by Gasteiger charge is -2.28. The van der Waals surface area contributed by atoms with Crippen molar-refractivity contribution in [3.8, 4) is 0 Å². The van der Waals surface area contributed by atoms with Gasteiger partial charge in [-0.15, -0.1) is 0 Å². The van der Waals surface area contributed by atoms with E-state index in [1.165, 1.54) is 32.4 Å². The smallest absolute Gasteiger partial charge is 0.00191 e. The fourth-order valence-electron chi connectivity index (χ4n) is 1.53. The van der Waals surface area contributed by atoms with Gasteiger partial charge in [0.05, 0.1) is 0 Å². The van der Waals surface area contributed by atoms with Crippen molar-refractivity contribution in [2.24, 2.45) is 5.92 Å². The van der Waals surface area contributed by atoms with Crippen molar-refractivity contribution in [2.75, 3.05) is 25.9 Å². The van der Waals surface area contributed by atoms with Crippen LogP contribution in [0.1, 0.15) is 33.1 Å². The molecule has 0 aromatic heterocycles. The summed E-state index contributed by atoms with van der Waals surface area (Å²) < 4.78 is 0. The topological polar surface area (TPSA) is 3.24 Å². The van der Waals surface area contributed by atoms with Crippen molar-refractivity contribution in [3.63, 3.8) is 0 Å². The molecule has 2 heteroatoms. The van der Waals surface area contributed by atoms with Crippen LogP contribution < -0.4 is 0 Å². The Morgan fingerprint density at radius 3 is 2.17 bits per heavy atom. The van der Waals surface area contributed by atoms with Crippen LogP contribution in [0.3, 0.4) is 0 Å². The van der Waals surface area contributed by atoms with E-state index < -0.39 is 0 Å². The van der Waals surface area contributed by atoms with Crippen LogP contribution in [0, 0.1) is 5.92 Å². The number of thiol groups is 1. The minimum Gasteiger partial charge on any atom is -0.306 e. The Balaban J connectivity index is 0.000000561. The highest BCUT2D eigenvalue weighted by Crippen LogP contribution is 2.19. The standard InChI is InChI=1S/C8H17NS.C2H6/c1-9-5-2-8(3-6-9)4-7-10;1-2/h8,10H,2-7H2,1H3;1-2H3. The van der Waals surface area contributed by atoms with Gasteiger partial charge in [-0.05, 0) is 51.1 Å². The minimum absolute atomic E-state index is 0.966. The molecule has 1 fully saturated rings. The summed E-state index contributed by atoms with van der Waals surface area (Å²) in [5, 5.41) is 0. The molecule has 0 unspecified atom stereocenters. The number of likely N-dealkylation sites (tertiary alicyclic amines) is 1. The largest absolute Gasteiger partial charge is 0.306 e. The van der Waals surface area contributed by atoms with E-state index in [0.717, 1.165) is 11.7 Å². The summed E-state index contributed by atoms with van der Waals surface area (Å²) in [4.78, 5) is 2.41. The Hall–Kier alpha value is 0.310. The molecule has 0 radical (unpaired) electrons. The molecule has 1 heterocycles. The van der Waals surface area contributed by atoms with Crippen LogP contribution in [0.5, 0.6) is 0 Å². The van der Waals surface area contributed by atoms with Crippen molar-refractivity contribution >= 4 is 12.6 Å². The molecule has 1 saturated heterocycles. The summed E-state index contributed by atoms with van der Waals surface area (Å²) in [6.45, 7) is 6.58. The van der Waals surface area contributed by atoms with Crippen molar-refractivity contribution in [3.05, 3.63) is 0 Å². The van der Waals surface area contributed by atoms with E-state index in [0.29, 0.717) is 0 Å². The summed E-state index contributed by atoms with van der Waals surface area (Å²) in [5.41, 5.74) is 0. The van der Waals surface area contributed by atoms with Crippen LogP contribution in [0.25, 0.3) is 0 Å². The maximum atomic E-state index is 4.24. The van der Waals surface area contributed by atoms with Crippen LogP contribution in [0.15, 0.2) is 0 Å². The number of hydrogen-bond donors (Lipinski definition) is 1. The highest BCUT2D eigenvalue weighted by molar-refractivity contribution is 7.80. The van der Waals surface area contributed by atoms with Gasteiger partial charge in [0, 0.05) is 0 Å². The van der Waals surface area contributed by atoms with E-state index in [1.807, 2.05) is 13.8 Å². The lowest BCUT2D eigenvalue weighted by atomic mass is 9.95. The fourth-order valence-corrected chi connectivity index (χ4v) is 1.90. The minimum atomic E-state index is 0.966. The van der Waals surface area contributed by atoms with Gasteiger partial charge in [-0.25, -0.2) is 0 Å². The number of piperidine rings is 1. The zero-order valence-electron chi connectivity index (χ0n) is 8.71. The SMILES string of the molecule is CC.CN1CCC(CCS)CC1. The lowest BCUT2D eigenvalue weighted by Crippen LogP contribution is -2.30. The third kappa shape index (κ3) is 5.04. The molecule has 1 nitrogen and oxygen atoms in total. The normalized spacial score (nSPS) is 20.0. The molecule has 1 aliphatic heterocycles. The van der Waals surface area contributed by atoms with Gasteiger partial charge in [0.1, 0.15) is 0 Å². The van der Waals surface area contributed by atoms with Gasteiger partial charge in [0.2, 0.25) is 0 Å². The van der Waals surface area contributed by atoms with Crippen LogP contribution in [-0.2, 0) is 0 Å². The van der Waals surface area contributed by atoms with Gasteiger partial charge in [-0.2, -0.15) is 12.6 Å². The second kappa shape index (κ2) is 7.93. The molecule has 1 aliphatic rings. The maximum Gasteiger partial charge on any atom is -0.00191 e. The van der Waals surface area contributed by atoms with Crippen molar-refractivity contribution in [2.45, 2.75) is 33.1 Å². The van der Waals surface area contributed by atoms with Gasteiger partial charge in [-0.1, -0.05) is 13.8 Å². The van der Waals surface area contributed by atoms with Gasteiger partial charge in [-0.3, -0.25) is 0 Å². The quantitative estimate of drug-likeness (QED) is 0.654. The summed E-state index contributed by atoms with van der Waals surface area (Å²) >= 11 is 4.24. The van der Waals surface area contributed by atoms with Crippen molar-refractivity contribution < 1.29 is 0 Å². The van der Waals surface area contributed by atoms with E-state index >= 15 is 0 Å². The first-order chi connectivity index (χ1) is 5.83. The molecule has 0 aromatic carbocycles. The number of nitrogens with zero attached hydrogens (tertiary/aromatic N) is 1. The zero-order chi connectivity index (χ0) is 9.40. The molecule has 0 bridgehead atoms. The predicted octanol–water partition coefficient (Wildman–Crippen LogP) is 2.67. The van der Waals surface area contributed by atoms with Crippen LogP contribution in [0.4, 0.5) is 0 Å². The predicted molar refractivity (Wildman–Crippen MR) is 60.0 cm³/mol. The van der Waals surface area contributed by atoms with Crippen LogP contribution in [0.2, 0.25) is 0 Å². The molecule has 0 amide bonds. The fraction of sp³-hybridized carbons (Fsp3) is 1.00. The van der Waals surface area contributed by atoms with Gasteiger partial charge in [0.15, 0.2) is 0 Å². The average Bonchev–Trinajstić information content (AvgIpc) is 2.13. The van der Waals surface area contributed by atoms with Gasteiger partial charge >= 0.3 is 0 Å². The van der Waals surface area contributed by atoms with Crippen molar-refractivity contribution in [1.82, 2.24) is 4.90 Å². The van der Waals surface area contributed by atoms with E-state index in [9.17, 15) is 0 Å². The molecule has 0 N–H and O–H groups in total. The molecule has 12 heavy (non-hydrogen) atoms.